The van der Waals surface area contributed by atoms with E-state index in [1.165, 1.54) is 47.9 Å². The van der Waals surface area contributed by atoms with Gasteiger partial charge in [-0.3, -0.25) is 20.6 Å². The Morgan fingerprint density at radius 2 is 0.902 bits per heavy atom. The summed E-state index contributed by atoms with van der Waals surface area (Å²) in [7, 11) is 0. The molecule has 6 nitrogen and oxygen atoms in total. The second-order valence-electron chi connectivity index (χ2n) is 15.4. The summed E-state index contributed by atoms with van der Waals surface area (Å²) in [4.78, 5) is 5.14. The van der Waals surface area contributed by atoms with Crippen LogP contribution in [0.4, 0.5) is 0 Å². The molecule has 0 bridgehead atoms. The molecular weight excluding hydrogens is 625 g/mol. The normalized spacial score (nSPS) is 16.5. The molecule has 0 aromatic heterocycles. The highest BCUT2D eigenvalue weighted by Gasteiger charge is 2.24. The maximum Gasteiger partial charge on any atom is 0.125 e. The molecule has 4 N–H and O–H groups in total. The van der Waals surface area contributed by atoms with Crippen molar-refractivity contribution in [3.8, 4) is 0 Å². The quantitative estimate of drug-likeness (QED) is 0.0796. The number of benzene rings is 4. The number of likely N-dealkylation sites (tertiary alicyclic amines) is 2. The van der Waals surface area contributed by atoms with Crippen LogP contribution in [0.2, 0.25) is 0 Å². The maximum absolute atomic E-state index is 8.66. The number of nitrogens with zero attached hydrogens (tertiary/aromatic N) is 2. The van der Waals surface area contributed by atoms with Crippen LogP contribution in [0.25, 0.3) is 0 Å². The van der Waals surface area contributed by atoms with Crippen LogP contribution in [-0.2, 0) is 18.5 Å². The molecule has 2 saturated heterocycles. The first-order chi connectivity index (χ1) is 24.8. The smallest absolute Gasteiger partial charge is 0.125 e. The summed E-state index contributed by atoms with van der Waals surface area (Å²) in [5.74, 6) is 2.46. The van der Waals surface area contributed by atoms with Crippen molar-refractivity contribution in [2.45, 2.75) is 70.9 Å². The number of hydrogen-bond donors (Lipinski definition) is 4. The van der Waals surface area contributed by atoms with Gasteiger partial charge in [-0.1, -0.05) is 123 Å². The molecule has 6 heteroatoms. The van der Waals surface area contributed by atoms with Crippen LogP contribution < -0.4 is 10.6 Å². The van der Waals surface area contributed by atoms with Gasteiger partial charge in [0.05, 0.1) is 0 Å². The third-order valence-electron chi connectivity index (χ3n) is 11.4. The van der Waals surface area contributed by atoms with Crippen LogP contribution in [-0.4, -0.2) is 60.7 Å². The highest BCUT2D eigenvalue weighted by atomic mass is 15.1. The molecule has 2 aliphatic heterocycles. The number of piperidine rings is 2. The van der Waals surface area contributed by atoms with Crippen molar-refractivity contribution in [1.29, 1.82) is 10.8 Å². The zero-order valence-corrected chi connectivity index (χ0v) is 30.8. The summed E-state index contributed by atoms with van der Waals surface area (Å²) < 4.78 is 0. The lowest BCUT2D eigenvalue weighted by atomic mass is 9.77. The summed E-state index contributed by atoms with van der Waals surface area (Å²) in [5.41, 5.74) is 6.91. The predicted octanol–water partition coefficient (Wildman–Crippen LogP) is 8.45. The molecule has 0 aliphatic carbocycles. The third kappa shape index (κ3) is 10.4. The van der Waals surface area contributed by atoms with Gasteiger partial charge in [-0.2, -0.15) is 0 Å². The molecule has 0 unspecified atom stereocenters. The zero-order chi connectivity index (χ0) is 35.5. The van der Waals surface area contributed by atoms with Crippen molar-refractivity contribution < 1.29 is 0 Å². The largest absolute Gasteiger partial charge is 0.370 e. The minimum Gasteiger partial charge on any atom is -0.370 e. The van der Waals surface area contributed by atoms with Gasteiger partial charge >= 0.3 is 0 Å². The van der Waals surface area contributed by atoms with Gasteiger partial charge in [0.2, 0.25) is 0 Å². The summed E-state index contributed by atoms with van der Waals surface area (Å²) in [6.07, 6.45) is 7.18. The van der Waals surface area contributed by atoms with E-state index in [0.29, 0.717) is 11.7 Å². The molecule has 0 amide bonds. The van der Waals surface area contributed by atoms with Crippen LogP contribution in [0, 0.1) is 22.7 Å². The van der Waals surface area contributed by atoms with E-state index in [-0.39, 0.29) is 5.41 Å². The van der Waals surface area contributed by atoms with Gasteiger partial charge in [0.1, 0.15) is 11.7 Å². The number of amidine groups is 2. The van der Waals surface area contributed by atoms with Crippen LogP contribution in [0.1, 0.15) is 85.8 Å². The van der Waals surface area contributed by atoms with E-state index in [0.717, 1.165) is 88.2 Å². The van der Waals surface area contributed by atoms with E-state index >= 15 is 0 Å². The van der Waals surface area contributed by atoms with Crippen LogP contribution in [0.3, 0.4) is 0 Å². The average Bonchev–Trinajstić information content (AvgIpc) is 3.17. The molecular formula is C45H58N6. The minimum absolute atomic E-state index is 0.187. The second kappa shape index (κ2) is 17.8. The van der Waals surface area contributed by atoms with Crippen LogP contribution >= 0.6 is 0 Å². The van der Waals surface area contributed by atoms with Gasteiger partial charge < -0.3 is 10.6 Å². The second-order valence-corrected chi connectivity index (χ2v) is 15.4. The van der Waals surface area contributed by atoms with E-state index in [2.05, 4.69) is 143 Å². The van der Waals surface area contributed by atoms with E-state index < -0.39 is 0 Å². The first-order valence-electron chi connectivity index (χ1n) is 19.2. The van der Waals surface area contributed by atoms with Gasteiger partial charge in [-0.25, -0.2) is 0 Å². The highest BCUT2D eigenvalue weighted by Crippen LogP contribution is 2.32. The van der Waals surface area contributed by atoms with Crippen molar-refractivity contribution >= 4 is 11.7 Å². The van der Waals surface area contributed by atoms with E-state index in [1.54, 1.807) is 0 Å². The Labute approximate surface area is 306 Å². The number of nitrogens with one attached hydrogen (secondary N) is 4. The minimum atomic E-state index is -0.187. The van der Waals surface area contributed by atoms with Crippen molar-refractivity contribution in [2.75, 3.05) is 39.3 Å². The van der Waals surface area contributed by atoms with E-state index in [9.17, 15) is 0 Å². The van der Waals surface area contributed by atoms with Crippen molar-refractivity contribution in [3.05, 3.63) is 143 Å². The van der Waals surface area contributed by atoms with Gasteiger partial charge in [-0.15, -0.1) is 0 Å². The standard InChI is InChI=1S/C45H58N6/c1-45(2,41-17-13-39(14-18-41)43(46)48-27-21-35-23-29-50(30-24-35)33-37-9-5-3-6-10-37)42-19-15-40(16-20-42)44(47)49-28-22-36-25-31-51(32-26-36)34-38-11-7-4-8-12-38/h3-20,35-36H,21-34H2,1-2H3,(H2,46,48)(H2,47,49). The molecule has 2 fully saturated rings. The summed E-state index contributed by atoms with van der Waals surface area (Å²) in [6.45, 7) is 12.9. The molecule has 0 spiro atoms. The molecule has 51 heavy (non-hydrogen) atoms. The Balaban J connectivity index is 0.893. The molecule has 2 aliphatic rings. The topological polar surface area (TPSA) is 78.2 Å². The lowest BCUT2D eigenvalue weighted by molar-refractivity contribution is 0.173. The van der Waals surface area contributed by atoms with Crippen LogP contribution in [0.15, 0.2) is 109 Å². The molecule has 6 rings (SSSR count). The highest BCUT2D eigenvalue weighted by molar-refractivity contribution is 5.97. The Morgan fingerprint density at radius 1 is 0.549 bits per heavy atom. The monoisotopic (exact) mass is 682 g/mol. The van der Waals surface area contributed by atoms with Gasteiger partial charge in [0.25, 0.3) is 0 Å². The molecule has 2 heterocycles. The summed E-state index contributed by atoms with van der Waals surface area (Å²) in [5, 5.41) is 24.1. The van der Waals surface area contributed by atoms with E-state index in [1.807, 2.05) is 0 Å². The lowest BCUT2D eigenvalue weighted by Crippen LogP contribution is -2.34. The summed E-state index contributed by atoms with van der Waals surface area (Å²) >= 11 is 0. The Hall–Kier alpha value is -4.26. The Kier molecular flexibility index (Phi) is 12.7. The van der Waals surface area contributed by atoms with Crippen molar-refractivity contribution in [1.82, 2.24) is 20.4 Å². The molecule has 268 valence electrons. The van der Waals surface area contributed by atoms with Gasteiger partial charge in [0, 0.05) is 42.7 Å². The first kappa shape index (κ1) is 36.5. The van der Waals surface area contributed by atoms with Crippen molar-refractivity contribution in [2.24, 2.45) is 11.8 Å². The average molecular weight is 683 g/mol. The Bertz CT molecular complexity index is 1520. The van der Waals surface area contributed by atoms with Crippen LogP contribution in [0.5, 0.6) is 0 Å². The predicted molar refractivity (Wildman–Crippen MR) is 213 cm³/mol. The van der Waals surface area contributed by atoms with Crippen molar-refractivity contribution in [3.63, 3.8) is 0 Å². The number of hydrogen-bond acceptors (Lipinski definition) is 4. The van der Waals surface area contributed by atoms with E-state index in [4.69, 9.17) is 10.8 Å². The molecule has 0 radical (unpaired) electrons. The number of rotatable bonds is 14. The van der Waals surface area contributed by atoms with Gasteiger partial charge in [-0.05, 0) is 98.8 Å². The SMILES string of the molecule is CC(C)(c1ccc(C(=N)NCCC2CCN(Cc3ccccc3)CC2)cc1)c1ccc(C(=N)NCCC2CCN(Cc3ccccc3)CC2)cc1. The summed E-state index contributed by atoms with van der Waals surface area (Å²) in [6, 6.07) is 38.5. The molecule has 0 saturated carbocycles. The fraction of sp³-hybridized carbons (Fsp3) is 0.422. The third-order valence-corrected chi connectivity index (χ3v) is 11.4. The van der Waals surface area contributed by atoms with Gasteiger partial charge in [0.15, 0.2) is 0 Å². The zero-order valence-electron chi connectivity index (χ0n) is 30.8. The molecule has 0 atom stereocenters. The maximum atomic E-state index is 8.66. The lowest BCUT2D eigenvalue weighted by Gasteiger charge is -2.32. The molecule has 4 aromatic rings. The first-order valence-corrected chi connectivity index (χ1v) is 19.2. The Morgan fingerprint density at radius 3 is 1.25 bits per heavy atom. The fourth-order valence-electron chi connectivity index (χ4n) is 7.83. The molecule has 4 aromatic carbocycles. The fourth-order valence-corrected chi connectivity index (χ4v) is 7.83.